The third-order valence-corrected chi connectivity index (χ3v) is 6.81. The molecule has 1 heterocycles. The lowest BCUT2D eigenvalue weighted by molar-refractivity contribution is 0.0178. The zero-order valence-corrected chi connectivity index (χ0v) is 18.4. The number of nitrogens with zero attached hydrogens (tertiary/aromatic N) is 2. The minimum atomic E-state index is -3.50. The van der Waals surface area contributed by atoms with Crippen molar-refractivity contribution in [2.45, 2.75) is 51.0 Å². The molecule has 1 amide bonds. The Kier molecular flexibility index (Phi) is 7.06. The molecule has 0 saturated carbocycles. The van der Waals surface area contributed by atoms with Crippen LogP contribution in [0.2, 0.25) is 10.0 Å². The van der Waals surface area contributed by atoms with Gasteiger partial charge in [-0.3, -0.25) is 0 Å². The fourth-order valence-corrected chi connectivity index (χ4v) is 5.07. The van der Waals surface area contributed by atoms with Crippen LogP contribution in [0.25, 0.3) is 0 Å². The Labute approximate surface area is 171 Å². The molecule has 1 aromatic carbocycles. The van der Waals surface area contributed by atoms with Crippen LogP contribution in [0.3, 0.4) is 0 Å². The highest BCUT2D eigenvalue weighted by molar-refractivity contribution is 7.88. The Morgan fingerprint density at radius 2 is 1.85 bits per heavy atom. The molecule has 1 fully saturated rings. The molecular weight excluding hydrogens is 411 g/mol. The Morgan fingerprint density at radius 3 is 2.37 bits per heavy atom. The molecule has 0 aliphatic carbocycles. The van der Waals surface area contributed by atoms with Gasteiger partial charge >= 0.3 is 6.09 Å². The molecule has 1 saturated heterocycles. The van der Waals surface area contributed by atoms with E-state index in [9.17, 15) is 13.2 Å². The van der Waals surface area contributed by atoms with Gasteiger partial charge in [-0.15, -0.1) is 0 Å². The first-order valence-corrected chi connectivity index (χ1v) is 11.1. The van der Waals surface area contributed by atoms with E-state index in [2.05, 4.69) is 0 Å². The molecule has 0 atom stereocenters. The van der Waals surface area contributed by atoms with Crippen LogP contribution in [0.4, 0.5) is 4.79 Å². The quantitative estimate of drug-likeness (QED) is 0.710. The van der Waals surface area contributed by atoms with E-state index < -0.39 is 21.7 Å². The van der Waals surface area contributed by atoms with Crippen LogP contribution in [-0.2, 0) is 20.5 Å². The number of hydrogen-bond donors (Lipinski definition) is 0. The van der Waals surface area contributed by atoms with Gasteiger partial charge in [-0.25, -0.2) is 17.5 Å². The van der Waals surface area contributed by atoms with Gasteiger partial charge in [0.25, 0.3) is 0 Å². The Morgan fingerprint density at radius 1 is 1.26 bits per heavy atom. The van der Waals surface area contributed by atoms with Crippen molar-refractivity contribution in [2.24, 2.45) is 0 Å². The third kappa shape index (κ3) is 6.24. The molecule has 1 aromatic rings. The first-order chi connectivity index (χ1) is 12.4. The smallest absolute Gasteiger partial charge is 0.410 e. The Balaban J connectivity index is 1.96. The van der Waals surface area contributed by atoms with Gasteiger partial charge in [0.2, 0.25) is 10.0 Å². The van der Waals surface area contributed by atoms with Crippen molar-refractivity contribution < 1.29 is 17.9 Å². The lowest BCUT2D eigenvalue weighted by atomic mass is 10.1. The van der Waals surface area contributed by atoms with Gasteiger partial charge in [-0.1, -0.05) is 29.3 Å². The van der Waals surface area contributed by atoms with Gasteiger partial charge in [0.15, 0.2) is 0 Å². The second-order valence-corrected chi connectivity index (χ2v) is 10.5. The highest BCUT2D eigenvalue weighted by atomic mass is 35.5. The molecule has 2 rings (SSSR count). The zero-order valence-electron chi connectivity index (χ0n) is 16.0. The van der Waals surface area contributed by atoms with Gasteiger partial charge in [0, 0.05) is 36.2 Å². The van der Waals surface area contributed by atoms with Crippen LogP contribution in [0, 0.1) is 0 Å². The molecule has 27 heavy (non-hydrogen) atoms. The highest BCUT2D eigenvalue weighted by Crippen LogP contribution is 2.26. The Hall–Kier alpha value is -1.02. The number of sulfonamides is 1. The third-order valence-electron chi connectivity index (χ3n) is 4.40. The fourth-order valence-electron chi connectivity index (χ4n) is 2.92. The monoisotopic (exact) mass is 436 g/mol. The molecule has 0 unspecified atom stereocenters. The van der Waals surface area contributed by atoms with Crippen LogP contribution in [0.5, 0.6) is 0 Å². The molecule has 0 N–H and O–H groups in total. The fraction of sp³-hybridized carbons (Fsp3) is 0.611. The molecular formula is C18H26Cl2N2O4S. The van der Waals surface area contributed by atoms with Crippen molar-refractivity contribution in [3.05, 3.63) is 33.8 Å². The molecule has 0 radical (unpaired) electrons. The maximum atomic E-state index is 12.7. The number of carbonyl (C=O) groups excluding carboxylic acids is 1. The largest absolute Gasteiger partial charge is 0.444 e. The lowest BCUT2D eigenvalue weighted by Gasteiger charge is -2.36. The second-order valence-electron chi connectivity index (χ2n) is 7.71. The number of rotatable bonds is 4. The van der Waals surface area contributed by atoms with Gasteiger partial charge in [-0.2, -0.15) is 0 Å². The highest BCUT2D eigenvalue weighted by Gasteiger charge is 2.32. The number of amides is 1. The SMILES string of the molecule is CN(C(=O)OC(C)(C)C)C1CCN(S(=O)(=O)Cc2ccc(Cl)cc2Cl)CC1. The first-order valence-electron chi connectivity index (χ1n) is 8.76. The van der Waals surface area contributed by atoms with Gasteiger partial charge < -0.3 is 9.64 Å². The van der Waals surface area contributed by atoms with E-state index in [-0.39, 0.29) is 11.8 Å². The lowest BCUT2D eigenvalue weighted by Crippen LogP contribution is -2.48. The molecule has 6 nitrogen and oxygen atoms in total. The van der Waals surface area contributed by atoms with E-state index in [1.54, 1.807) is 24.1 Å². The Bertz CT molecular complexity index is 785. The minimum Gasteiger partial charge on any atom is -0.444 e. The second kappa shape index (κ2) is 8.55. The summed E-state index contributed by atoms with van der Waals surface area (Å²) >= 11 is 12.0. The van der Waals surface area contributed by atoms with Crippen LogP contribution < -0.4 is 0 Å². The van der Waals surface area contributed by atoms with Crippen molar-refractivity contribution in [3.8, 4) is 0 Å². The molecule has 1 aliphatic rings. The van der Waals surface area contributed by atoms with Crippen molar-refractivity contribution in [3.63, 3.8) is 0 Å². The minimum absolute atomic E-state index is 0.0505. The van der Waals surface area contributed by atoms with E-state index in [1.807, 2.05) is 20.8 Å². The van der Waals surface area contributed by atoms with Crippen LogP contribution in [0.1, 0.15) is 39.2 Å². The van der Waals surface area contributed by atoms with Gasteiger partial charge in [0.1, 0.15) is 5.60 Å². The van der Waals surface area contributed by atoms with Crippen molar-refractivity contribution >= 4 is 39.3 Å². The molecule has 0 spiro atoms. The maximum Gasteiger partial charge on any atom is 0.410 e. The molecule has 1 aliphatic heterocycles. The summed E-state index contributed by atoms with van der Waals surface area (Å²) in [7, 11) is -1.81. The van der Waals surface area contributed by atoms with Gasteiger partial charge in [-0.05, 0) is 51.3 Å². The van der Waals surface area contributed by atoms with Crippen molar-refractivity contribution in [1.29, 1.82) is 0 Å². The number of ether oxygens (including phenoxy) is 1. The summed E-state index contributed by atoms with van der Waals surface area (Å²) in [6.07, 6.45) is 0.726. The van der Waals surface area contributed by atoms with Crippen molar-refractivity contribution in [1.82, 2.24) is 9.21 Å². The number of hydrogen-bond acceptors (Lipinski definition) is 4. The first kappa shape index (κ1) is 22.3. The average molecular weight is 437 g/mol. The van der Waals surface area contributed by atoms with Crippen LogP contribution >= 0.6 is 23.2 Å². The summed E-state index contributed by atoms with van der Waals surface area (Å²) in [5.74, 6) is -0.171. The summed E-state index contributed by atoms with van der Waals surface area (Å²) < 4.78 is 32.3. The average Bonchev–Trinajstić information content (AvgIpc) is 2.55. The van der Waals surface area contributed by atoms with E-state index in [1.165, 1.54) is 10.4 Å². The standard InChI is InChI=1S/C18H26Cl2N2O4S/c1-18(2,3)26-17(23)21(4)15-7-9-22(10-8-15)27(24,25)12-13-5-6-14(19)11-16(13)20/h5-6,11,15H,7-10,12H2,1-4H3. The molecule has 0 bridgehead atoms. The molecule has 152 valence electrons. The van der Waals surface area contributed by atoms with Gasteiger partial charge in [0.05, 0.1) is 5.75 Å². The van der Waals surface area contributed by atoms with E-state index in [4.69, 9.17) is 27.9 Å². The predicted octanol–water partition coefficient (Wildman–Crippen LogP) is 4.15. The van der Waals surface area contributed by atoms with E-state index >= 15 is 0 Å². The number of carbonyl (C=O) groups is 1. The number of benzene rings is 1. The normalized spacial score (nSPS) is 17.0. The molecule has 9 heteroatoms. The summed E-state index contributed by atoms with van der Waals surface area (Å²) in [5.41, 5.74) is -0.0400. The van der Waals surface area contributed by atoms with E-state index in [0.29, 0.717) is 41.5 Å². The summed E-state index contributed by atoms with van der Waals surface area (Å²) in [6, 6.07) is 4.74. The summed E-state index contributed by atoms with van der Waals surface area (Å²) in [4.78, 5) is 13.7. The number of piperidine rings is 1. The summed E-state index contributed by atoms with van der Waals surface area (Å²) in [6.45, 7) is 6.15. The van der Waals surface area contributed by atoms with Crippen LogP contribution in [-0.4, -0.2) is 55.5 Å². The van der Waals surface area contributed by atoms with E-state index in [0.717, 1.165) is 0 Å². The zero-order chi connectivity index (χ0) is 20.4. The van der Waals surface area contributed by atoms with Crippen LogP contribution in [0.15, 0.2) is 18.2 Å². The number of halogens is 2. The predicted molar refractivity (Wildman–Crippen MR) is 108 cm³/mol. The maximum absolute atomic E-state index is 12.7. The topological polar surface area (TPSA) is 66.9 Å². The summed E-state index contributed by atoms with van der Waals surface area (Å²) in [5, 5.41) is 0.803. The molecule has 0 aromatic heterocycles. The van der Waals surface area contributed by atoms with Crippen molar-refractivity contribution in [2.75, 3.05) is 20.1 Å².